The summed E-state index contributed by atoms with van der Waals surface area (Å²) in [7, 11) is 0. The predicted octanol–water partition coefficient (Wildman–Crippen LogP) is 0.399. The average molecular weight is 294 g/mol. The molecular formula is C16H30N4O. The van der Waals surface area contributed by atoms with Crippen LogP contribution in [0.3, 0.4) is 0 Å². The highest BCUT2D eigenvalue weighted by Gasteiger charge is 2.42. The van der Waals surface area contributed by atoms with Gasteiger partial charge in [-0.15, -0.1) is 0 Å². The topological polar surface area (TPSA) is 61.6 Å². The van der Waals surface area contributed by atoms with Gasteiger partial charge in [0.05, 0.1) is 6.54 Å². The van der Waals surface area contributed by atoms with Crippen molar-refractivity contribution in [1.82, 2.24) is 15.1 Å². The Morgan fingerprint density at radius 1 is 1.38 bits per heavy atom. The first kappa shape index (κ1) is 15.3. The maximum Gasteiger partial charge on any atom is 0.237 e. The maximum atomic E-state index is 12.4. The number of nitrogens with one attached hydrogen (secondary N) is 1. The molecule has 3 rings (SSSR count). The molecule has 0 aromatic carbocycles. The van der Waals surface area contributed by atoms with E-state index in [9.17, 15) is 4.79 Å². The molecular weight excluding hydrogens is 264 g/mol. The van der Waals surface area contributed by atoms with Gasteiger partial charge >= 0.3 is 0 Å². The zero-order valence-corrected chi connectivity index (χ0v) is 13.3. The molecule has 4 atom stereocenters. The summed E-state index contributed by atoms with van der Waals surface area (Å²) in [6, 6.07) is 0.978. The monoisotopic (exact) mass is 294 g/mol. The van der Waals surface area contributed by atoms with Crippen molar-refractivity contribution >= 4 is 5.91 Å². The number of hydrogen-bond donors (Lipinski definition) is 2. The number of carbonyl (C=O) groups excluding carboxylic acids is 1. The number of piperidine rings is 1. The van der Waals surface area contributed by atoms with Crippen LogP contribution in [0.1, 0.15) is 39.0 Å². The normalized spacial score (nSPS) is 37.8. The minimum atomic E-state index is 0.154. The van der Waals surface area contributed by atoms with Crippen LogP contribution in [-0.4, -0.2) is 66.6 Å². The number of nitrogens with zero attached hydrogens (tertiary/aromatic N) is 2. The van der Waals surface area contributed by atoms with Crippen molar-refractivity contribution in [3.8, 4) is 0 Å². The Morgan fingerprint density at radius 2 is 2.24 bits per heavy atom. The standard InChI is InChI=1S/C16H30N4O/c1-2-3-5-12-8-18-9-14(17)16(12)19-10-13-6-4-7-20(13)15(21)11-19/h12-14,16,18H,2-11,17H2,1H3. The molecule has 3 N–H and O–H groups in total. The Bertz CT molecular complexity index is 375. The van der Waals surface area contributed by atoms with Crippen LogP contribution in [0.15, 0.2) is 0 Å². The molecule has 0 aliphatic carbocycles. The van der Waals surface area contributed by atoms with E-state index < -0.39 is 0 Å². The van der Waals surface area contributed by atoms with Crippen LogP contribution in [0.4, 0.5) is 0 Å². The Kier molecular flexibility index (Phi) is 4.82. The lowest BCUT2D eigenvalue weighted by molar-refractivity contribution is -0.140. The molecule has 3 aliphatic heterocycles. The van der Waals surface area contributed by atoms with E-state index >= 15 is 0 Å². The van der Waals surface area contributed by atoms with Crippen LogP contribution in [0.5, 0.6) is 0 Å². The van der Waals surface area contributed by atoms with Crippen molar-refractivity contribution in [1.29, 1.82) is 0 Å². The van der Waals surface area contributed by atoms with Crippen molar-refractivity contribution in [2.45, 2.75) is 57.2 Å². The van der Waals surface area contributed by atoms with Gasteiger partial charge in [-0.2, -0.15) is 0 Å². The smallest absolute Gasteiger partial charge is 0.237 e. The van der Waals surface area contributed by atoms with Gasteiger partial charge < -0.3 is 16.0 Å². The minimum Gasteiger partial charge on any atom is -0.337 e. The highest BCUT2D eigenvalue weighted by Crippen LogP contribution is 2.28. The second-order valence-corrected chi connectivity index (χ2v) is 7.03. The second kappa shape index (κ2) is 6.63. The van der Waals surface area contributed by atoms with Crippen LogP contribution in [0.25, 0.3) is 0 Å². The molecule has 1 amide bonds. The third-order valence-electron chi connectivity index (χ3n) is 5.54. The molecule has 0 spiro atoms. The summed E-state index contributed by atoms with van der Waals surface area (Å²) in [6.07, 6.45) is 6.05. The van der Waals surface area contributed by atoms with Crippen molar-refractivity contribution < 1.29 is 4.79 Å². The number of carbonyl (C=O) groups is 1. The van der Waals surface area contributed by atoms with E-state index in [1.165, 1.54) is 32.1 Å². The molecule has 4 unspecified atom stereocenters. The maximum absolute atomic E-state index is 12.4. The Hall–Kier alpha value is -0.650. The Labute approximate surface area is 128 Å². The second-order valence-electron chi connectivity index (χ2n) is 7.03. The molecule has 3 heterocycles. The summed E-state index contributed by atoms with van der Waals surface area (Å²) in [6.45, 7) is 6.76. The lowest BCUT2D eigenvalue weighted by atomic mass is 9.84. The Balaban J connectivity index is 1.70. The van der Waals surface area contributed by atoms with Gasteiger partial charge in [-0.3, -0.25) is 9.69 Å². The third kappa shape index (κ3) is 3.10. The fourth-order valence-electron chi connectivity index (χ4n) is 4.52. The summed E-state index contributed by atoms with van der Waals surface area (Å²) in [5.74, 6) is 0.915. The van der Waals surface area contributed by atoms with Gasteiger partial charge in [-0.1, -0.05) is 19.8 Å². The summed E-state index contributed by atoms with van der Waals surface area (Å²) < 4.78 is 0. The van der Waals surface area contributed by atoms with Crippen LogP contribution in [0.2, 0.25) is 0 Å². The summed E-state index contributed by atoms with van der Waals surface area (Å²) in [4.78, 5) is 16.9. The number of hydrogen-bond acceptors (Lipinski definition) is 4. The van der Waals surface area contributed by atoms with Crippen LogP contribution >= 0.6 is 0 Å². The van der Waals surface area contributed by atoms with Crippen LogP contribution < -0.4 is 11.1 Å². The van der Waals surface area contributed by atoms with Gasteiger partial charge in [0, 0.05) is 37.8 Å². The number of rotatable bonds is 4. The molecule has 0 aromatic rings. The lowest BCUT2D eigenvalue weighted by Crippen LogP contribution is -2.66. The highest BCUT2D eigenvalue weighted by molar-refractivity contribution is 5.79. The molecule has 3 fully saturated rings. The molecule has 21 heavy (non-hydrogen) atoms. The number of fused-ring (bicyclic) bond motifs is 1. The van der Waals surface area contributed by atoms with Gasteiger partial charge in [0.1, 0.15) is 0 Å². The number of unbranched alkanes of at least 4 members (excludes halogenated alkanes) is 1. The Morgan fingerprint density at radius 3 is 3.05 bits per heavy atom. The molecule has 120 valence electrons. The molecule has 0 saturated carbocycles. The molecule has 0 radical (unpaired) electrons. The molecule has 5 nitrogen and oxygen atoms in total. The molecule has 0 aromatic heterocycles. The van der Waals surface area contributed by atoms with E-state index in [0.717, 1.165) is 26.2 Å². The quantitative estimate of drug-likeness (QED) is 0.788. The summed E-state index contributed by atoms with van der Waals surface area (Å²) in [5.41, 5.74) is 6.43. The van der Waals surface area contributed by atoms with Gasteiger partial charge in [0.15, 0.2) is 0 Å². The van der Waals surface area contributed by atoms with Crippen molar-refractivity contribution in [2.24, 2.45) is 11.7 Å². The van der Waals surface area contributed by atoms with Crippen LogP contribution in [-0.2, 0) is 4.79 Å². The fourth-order valence-corrected chi connectivity index (χ4v) is 4.52. The molecule has 3 aliphatic rings. The highest BCUT2D eigenvalue weighted by atomic mass is 16.2. The van der Waals surface area contributed by atoms with Crippen molar-refractivity contribution in [3.05, 3.63) is 0 Å². The number of piperazine rings is 1. The largest absolute Gasteiger partial charge is 0.337 e. The van der Waals surface area contributed by atoms with E-state index in [1.807, 2.05) is 0 Å². The molecule has 0 bridgehead atoms. The zero-order valence-electron chi connectivity index (χ0n) is 13.3. The SMILES string of the molecule is CCCCC1CNCC(N)C1N1CC(=O)N2CCCC2C1. The van der Waals surface area contributed by atoms with Gasteiger partial charge in [0.25, 0.3) is 0 Å². The van der Waals surface area contributed by atoms with E-state index in [2.05, 4.69) is 22.0 Å². The third-order valence-corrected chi connectivity index (χ3v) is 5.54. The zero-order chi connectivity index (χ0) is 14.8. The average Bonchev–Trinajstić information content (AvgIpc) is 2.94. The number of nitrogens with two attached hydrogens (primary N) is 1. The molecule has 5 heteroatoms. The first-order valence-corrected chi connectivity index (χ1v) is 8.70. The first-order chi connectivity index (χ1) is 10.2. The minimum absolute atomic E-state index is 0.154. The fraction of sp³-hybridized carbons (Fsp3) is 0.938. The predicted molar refractivity (Wildman–Crippen MR) is 84.0 cm³/mol. The van der Waals surface area contributed by atoms with Gasteiger partial charge in [0.2, 0.25) is 5.91 Å². The van der Waals surface area contributed by atoms with E-state index in [-0.39, 0.29) is 6.04 Å². The van der Waals surface area contributed by atoms with Crippen molar-refractivity contribution in [3.63, 3.8) is 0 Å². The van der Waals surface area contributed by atoms with Gasteiger partial charge in [-0.25, -0.2) is 0 Å². The van der Waals surface area contributed by atoms with Crippen molar-refractivity contribution in [2.75, 3.05) is 32.7 Å². The van der Waals surface area contributed by atoms with Gasteiger partial charge in [-0.05, 0) is 31.7 Å². The van der Waals surface area contributed by atoms with E-state index in [4.69, 9.17) is 5.73 Å². The van der Waals surface area contributed by atoms with E-state index in [0.29, 0.717) is 30.5 Å². The number of amides is 1. The lowest BCUT2D eigenvalue weighted by Gasteiger charge is -2.48. The van der Waals surface area contributed by atoms with E-state index in [1.54, 1.807) is 0 Å². The first-order valence-electron chi connectivity index (χ1n) is 8.70. The van der Waals surface area contributed by atoms with Crippen LogP contribution in [0, 0.1) is 5.92 Å². The summed E-state index contributed by atoms with van der Waals surface area (Å²) >= 11 is 0. The summed E-state index contributed by atoms with van der Waals surface area (Å²) in [5, 5.41) is 3.47. The molecule has 3 saturated heterocycles.